The summed E-state index contributed by atoms with van der Waals surface area (Å²) in [6.07, 6.45) is 1.71. The van der Waals surface area contributed by atoms with Gasteiger partial charge in [0, 0.05) is 17.7 Å². The third-order valence-electron chi connectivity index (χ3n) is 2.76. The lowest BCUT2D eigenvalue weighted by Crippen LogP contribution is -2.12. The normalized spacial score (nSPS) is 9.86. The van der Waals surface area contributed by atoms with E-state index in [2.05, 4.69) is 17.2 Å². The van der Waals surface area contributed by atoms with Crippen molar-refractivity contribution in [1.29, 1.82) is 0 Å². The highest BCUT2D eigenvalue weighted by atomic mass is 19.1. The Balaban J connectivity index is 2.12. The average molecular weight is 287 g/mol. The van der Waals surface area contributed by atoms with Gasteiger partial charge in [-0.15, -0.1) is 0 Å². The van der Waals surface area contributed by atoms with Gasteiger partial charge in [0.1, 0.15) is 5.82 Å². The second-order valence-electron chi connectivity index (χ2n) is 4.36. The minimum absolute atomic E-state index is 0.0642. The summed E-state index contributed by atoms with van der Waals surface area (Å²) in [4.78, 5) is 11.9. The standard InChI is InChI=1S/C16H14FNO3/c1-11-7-9-21-15(11)16(20)18-13-6-5-12(14(17)10-13)4-2-3-8-19/h5-7,9-10,19H,3,8H2,1H3,(H,18,20). The van der Waals surface area contributed by atoms with E-state index < -0.39 is 11.7 Å². The Morgan fingerprint density at radius 1 is 1.43 bits per heavy atom. The molecule has 0 unspecified atom stereocenters. The summed E-state index contributed by atoms with van der Waals surface area (Å²) >= 11 is 0. The van der Waals surface area contributed by atoms with Crippen LogP contribution in [0.4, 0.5) is 10.1 Å². The number of aliphatic hydroxyl groups is 1. The van der Waals surface area contributed by atoms with E-state index in [0.29, 0.717) is 11.3 Å². The van der Waals surface area contributed by atoms with Crippen LogP contribution in [0.2, 0.25) is 0 Å². The molecule has 1 amide bonds. The minimum atomic E-state index is -0.533. The lowest BCUT2D eigenvalue weighted by atomic mass is 10.2. The van der Waals surface area contributed by atoms with Gasteiger partial charge in [-0.05, 0) is 31.2 Å². The molecule has 1 aromatic heterocycles. The number of hydrogen-bond acceptors (Lipinski definition) is 3. The molecule has 0 aliphatic carbocycles. The SMILES string of the molecule is Cc1ccoc1C(=O)Nc1ccc(C#CCCO)c(F)c1. The van der Waals surface area contributed by atoms with E-state index in [0.717, 1.165) is 0 Å². The number of nitrogens with one attached hydrogen (secondary N) is 1. The number of rotatable bonds is 3. The van der Waals surface area contributed by atoms with Gasteiger partial charge in [-0.1, -0.05) is 11.8 Å². The van der Waals surface area contributed by atoms with Crippen molar-refractivity contribution in [3.05, 3.63) is 53.2 Å². The zero-order valence-corrected chi connectivity index (χ0v) is 11.4. The number of aryl methyl sites for hydroxylation is 1. The molecule has 1 heterocycles. The van der Waals surface area contributed by atoms with Gasteiger partial charge in [-0.3, -0.25) is 4.79 Å². The van der Waals surface area contributed by atoms with Gasteiger partial charge in [0.15, 0.2) is 5.76 Å². The summed E-state index contributed by atoms with van der Waals surface area (Å²) in [6.45, 7) is 1.68. The molecule has 0 spiro atoms. The maximum absolute atomic E-state index is 13.8. The Kier molecular flexibility index (Phi) is 4.75. The van der Waals surface area contributed by atoms with E-state index in [1.807, 2.05) is 0 Å². The lowest BCUT2D eigenvalue weighted by molar-refractivity contribution is 0.0996. The fourth-order valence-electron chi connectivity index (χ4n) is 1.70. The van der Waals surface area contributed by atoms with E-state index in [4.69, 9.17) is 9.52 Å². The number of carbonyl (C=O) groups is 1. The second-order valence-corrected chi connectivity index (χ2v) is 4.36. The number of carbonyl (C=O) groups excluding carboxylic acids is 1. The van der Waals surface area contributed by atoms with Crippen LogP contribution in [0, 0.1) is 24.6 Å². The molecule has 0 aliphatic heterocycles. The Hall–Kier alpha value is -2.58. The first-order chi connectivity index (χ1) is 10.1. The second kappa shape index (κ2) is 6.73. The summed E-state index contributed by atoms with van der Waals surface area (Å²) in [6, 6.07) is 5.90. The number of furan rings is 1. The molecular weight excluding hydrogens is 273 g/mol. The zero-order valence-electron chi connectivity index (χ0n) is 11.4. The third kappa shape index (κ3) is 3.71. The molecule has 0 bridgehead atoms. The van der Waals surface area contributed by atoms with Crippen LogP contribution < -0.4 is 5.32 Å². The summed E-state index contributed by atoms with van der Waals surface area (Å²) in [5.41, 5.74) is 1.25. The lowest BCUT2D eigenvalue weighted by Gasteiger charge is -2.05. The largest absolute Gasteiger partial charge is 0.459 e. The predicted octanol–water partition coefficient (Wildman–Crippen LogP) is 2.71. The first kappa shape index (κ1) is 14.8. The van der Waals surface area contributed by atoms with Crippen molar-refractivity contribution < 1.29 is 18.7 Å². The Morgan fingerprint density at radius 2 is 2.24 bits per heavy atom. The van der Waals surface area contributed by atoms with Crippen molar-refractivity contribution in [3.63, 3.8) is 0 Å². The number of amides is 1. The van der Waals surface area contributed by atoms with Crippen LogP contribution in [0.1, 0.15) is 28.1 Å². The Bertz CT molecular complexity index is 710. The van der Waals surface area contributed by atoms with Crippen LogP contribution in [0.15, 0.2) is 34.9 Å². The third-order valence-corrected chi connectivity index (χ3v) is 2.76. The Labute approximate surface area is 121 Å². The molecule has 0 aliphatic rings. The van der Waals surface area contributed by atoms with Crippen molar-refractivity contribution in [1.82, 2.24) is 0 Å². The van der Waals surface area contributed by atoms with E-state index in [1.165, 1.54) is 18.4 Å². The molecule has 0 atom stereocenters. The highest BCUT2D eigenvalue weighted by Gasteiger charge is 2.13. The maximum atomic E-state index is 13.8. The van der Waals surface area contributed by atoms with Gasteiger partial charge < -0.3 is 14.8 Å². The van der Waals surface area contributed by atoms with Gasteiger partial charge in [0.25, 0.3) is 5.91 Å². The molecule has 2 aromatic rings. The van der Waals surface area contributed by atoms with Crippen molar-refractivity contribution >= 4 is 11.6 Å². The van der Waals surface area contributed by atoms with E-state index in [-0.39, 0.29) is 24.4 Å². The fraction of sp³-hybridized carbons (Fsp3) is 0.188. The van der Waals surface area contributed by atoms with E-state index in [1.54, 1.807) is 19.1 Å². The fourth-order valence-corrected chi connectivity index (χ4v) is 1.70. The quantitative estimate of drug-likeness (QED) is 0.853. The first-order valence-corrected chi connectivity index (χ1v) is 6.36. The highest BCUT2D eigenvalue weighted by Crippen LogP contribution is 2.16. The van der Waals surface area contributed by atoms with Gasteiger partial charge in [-0.25, -0.2) is 4.39 Å². The topological polar surface area (TPSA) is 62.5 Å². The van der Waals surface area contributed by atoms with Crippen molar-refractivity contribution in [3.8, 4) is 11.8 Å². The van der Waals surface area contributed by atoms with Crippen LogP contribution in [0.25, 0.3) is 0 Å². The molecule has 0 radical (unpaired) electrons. The molecule has 0 fully saturated rings. The Morgan fingerprint density at radius 3 is 2.86 bits per heavy atom. The molecule has 1 aromatic carbocycles. The monoisotopic (exact) mass is 287 g/mol. The van der Waals surface area contributed by atoms with E-state index in [9.17, 15) is 9.18 Å². The minimum Gasteiger partial charge on any atom is -0.459 e. The van der Waals surface area contributed by atoms with Crippen LogP contribution in [-0.4, -0.2) is 17.6 Å². The smallest absolute Gasteiger partial charge is 0.291 e. The van der Waals surface area contributed by atoms with Crippen LogP contribution >= 0.6 is 0 Å². The van der Waals surface area contributed by atoms with Crippen molar-refractivity contribution in [2.45, 2.75) is 13.3 Å². The van der Waals surface area contributed by atoms with E-state index >= 15 is 0 Å². The molecule has 0 saturated carbocycles. The number of benzene rings is 1. The van der Waals surface area contributed by atoms with Crippen LogP contribution in [-0.2, 0) is 0 Å². The average Bonchev–Trinajstić information content (AvgIpc) is 2.88. The molecule has 5 heteroatoms. The molecule has 2 rings (SSSR count). The summed E-state index contributed by atoms with van der Waals surface area (Å²) in [7, 11) is 0. The van der Waals surface area contributed by atoms with Crippen molar-refractivity contribution in [2.24, 2.45) is 0 Å². The number of anilines is 1. The number of aliphatic hydroxyl groups excluding tert-OH is 1. The highest BCUT2D eigenvalue weighted by molar-refractivity contribution is 6.03. The van der Waals surface area contributed by atoms with Gasteiger partial charge >= 0.3 is 0 Å². The molecular formula is C16H14FNO3. The first-order valence-electron chi connectivity index (χ1n) is 6.36. The summed E-state index contributed by atoms with van der Waals surface area (Å²) < 4.78 is 18.9. The van der Waals surface area contributed by atoms with Gasteiger partial charge in [-0.2, -0.15) is 0 Å². The molecule has 0 saturated heterocycles. The van der Waals surface area contributed by atoms with Crippen LogP contribution in [0.5, 0.6) is 0 Å². The number of halogens is 1. The molecule has 4 nitrogen and oxygen atoms in total. The van der Waals surface area contributed by atoms with Gasteiger partial charge in [0.05, 0.1) is 18.4 Å². The molecule has 21 heavy (non-hydrogen) atoms. The maximum Gasteiger partial charge on any atom is 0.291 e. The molecule has 108 valence electrons. The van der Waals surface area contributed by atoms with Crippen LogP contribution in [0.3, 0.4) is 0 Å². The van der Waals surface area contributed by atoms with Crippen molar-refractivity contribution in [2.75, 3.05) is 11.9 Å². The molecule has 2 N–H and O–H groups in total. The predicted molar refractivity (Wildman–Crippen MR) is 76.4 cm³/mol. The number of hydrogen-bond donors (Lipinski definition) is 2. The summed E-state index contributed by atoms with van der Waals surface area (Å²) in [5.74, 6) is 4.48. The van der Waals surface area contributed by atoms with Gasteiger partial charge in [0.2, 0.25) is 0 Å². The zero-order chi connectivity index (χ0) is 15.2. The summed E-state index contributed by atoms with van der Waals surface area (Å²) in [5, 5.41) is 11.2.